The molecule has 0 amide bonds. The highest BCUT2D eigenvalue weighted by atomic mass is 35.5. The van der Waals surface area contributed by atoms with E-state index in [0.29, 0.717) is 5.92 Å². The molecule has 1 rings (SSSR count). The smallest absolute Gasteiger partial charge is 0.0794 e. The Hall–Kier alpha value is -0.0800. The van der Waals surface area contributed by atoms with Crippen molar-refractivity contribution in [2.24, 2.45) is 0 Å². The fourth-order valence-corrected chi connectivity index (χ4v) is 1.47. The second-order valence-corrected chi connectivity index (χ2v) is 3.79. The van der Waals surface area contributed by atoms with Crippen molar-refractivity contribution in [2.45, 2.75) is 25.1 Å². The predicted molar refractivity (Wildman–Crippen MR) is 45.8 cm³/mol. The molecule has 0 fully saturated rings. The van der Waals surface area contributed by atoms with Crippen molar-refractivity contribution in [3.05, 3.63) is 16.6 Å². The van der Waals surface area contributed by atoms with Gasteiger partial charge in [-0.3, -0.25) is 0 Å². The van der Waals surface area contributed by atoms with Crippen LogP contribution in [0.25, 0.3) is 0 Å². The summed E-state index contributed by atoms with van der Waals surface area (Å²) in [7, 11) is 0. The van der Waals surface area contributed by atoms with Gasteiger partial charge in [0.1, 0.15) is 0 Å². The topological polar surface area (TPSA) is 12.9 Å². The maximum absolute atomic E-state index is 5.88. The molecular formula is C7H10ClNS. The average Bonchev–Trinajstić information content (AvgIpc) is 2.36. The normalized spacial score (nSPS) is 16.7. The summed E-state index contributed by atoms with van der Waals surface area (Å²) in [4.78, 5) is 4.17. The summed E-state index contributed by atoms with van der Waals surface area (Å²) in [6.07, 6.45) is 0. The lowest BCUT2D eigenvalue weighted by Crippen LogP contribution is -2.04. The van der Waals surface area contributed by atoms with E-state index in [1.54, 1.807) is 11.3 Å². The lowest BCUT2D eigenvalue weighted by atomic mass is 10.1. The molecule has 10 heavy (non-hydrogen) atoms. The first-order chi connectivity index (χ1) is 4.72. The Morgan fingerprint density at radius 3 is 2.70 bits per heavy atom. The Morgan fingerprint density at radius 2 is 2.30 bits per heavy atom. The standard InChI is InChI=1S/C7H10ClNS/c1-5(6(2)8)7-3-10-4-9-7/h3-6H,1-2H3. The highest BCUT2D eigenvalue weighted by Gasteiger charge is 2.12. The summed E-state index contributed by atoms with van der Waals surface area (Å²) in [6, 6.07) is 0. The van der Waals surface area contributed by atoms with E-state index in [1.165, 1.54) is 0 Å². The minimum absolute atomic E-state index is 0.169. The van der Waals surface area contributed by atoms with Gasteiger partial charge in [-0.05, 0) is 6.92 Å². The van der Waals surface area contributed by atoms with Crippen molar-refractivity contribution in [2.75, 3.05) is 0 Å². The number of hydrogen-bond donors (Lipinski definition) is 0. The van der Waals surface area contributed by atoms with Crippen LogP contribution in [-0.4, -0.2) is 10.4 Å². The second kappa shape index (κ2) is 3.35. The van der Waals surface area contributed by atoms with Gasteiger partial charge in [0.2, 0.25) is 0 Å². The minimum Gasteiger partial charge on any atom is -0.249 e. The SMILES string of the molecule is CC(Cl)C(C)c1cscn1. The fourth-order valence-electron chi connectivity index (χ4n) is 0.682. The van der Waals surface area contributed by atoms with E-state index in [1.807, 2.05) is 17.8 Å². The molecular weight excluding hydrogens is 166 g/mol. The van der Waals surface area contributed by atoms with E-state index in [4.69, 9.17) is 11.6 Å². The van der Waals surface area contributed by atoms with Crippen molar-refractivity contribution in [3.8, 4) is 0 Å². The van der Waals surface area contributed by atoms with Gasteiger partial charge in [0, 0.05) is 16.7 Å². The third-order valence-corrected chi connectivity index (χ3v) is 2.59. The Kier molecular flexibility index (Phi) is 2.69. The van der Waals surface area contributed by atoms with Crippen molar-refractivity contribution >= 4 is 22.9 Å². The van der Waals surface area contributed by atoms with Crippen LogP contribution in [0.2, 0.25) is 0 Å². The molecule has 1 heterocycles. The maximum Gasteiger partial charge on any atom is 0.0794 e. The molecule has 1 aromatic rings. The second-order valence-electron chi connectivity index (χ2n) is 2.38. The van der Waals surface area contributed by atoms with Crippen molar-refractivity contribution in [1.29, 1.82) is 0 Å². The van der Waals surface area contributed by atoms with Gasteiger partial charge in [-0.1, -0.05) is 6.92 Å². The van der Waals surface area contributed by atoms with Gasteiger partial charge in [0.05, 0.1) is 11.2 Å². The van der Waals surface area contributed by atoms with Crippen LogP contribution in [0.5, 0.6) is 0 Å². The molecule has 56 valence electrons. The zero-order valence-electron chi connectivity index (χ0n) is 6.04. The van der Waals surface area contributed by atoms with Crippen LogP contribution in [0.4, 0.5) is 0 Å². The number of halogens is 1. The molecule has 3 heteroatoms. The first kappa shape index (κ1) is 8.02. The summed E-state index contributed by atoms with van der Waals surface area (Å²) < 4.78 is 0. The Bertz CT molecular complexity index is 183. The van der Waals surface area contributed by atoms with E-state index in [2.05, 4.69) is 11.9 Å². The molecule has 0 aliphatic heterocycles. The third kappa shape index (κ3) is 1.70. The van der Waals surface area contributed by atoms with E-state index >= 15 is 0 Å². The monoisotopic (exact) mass is 175 g/mol. The van der Waals surface area contributed by atoms with Crippen LogP contribution in [0, 0.1) is 0 Å². The molecule has 0 bridgehead atoms. The van der Waals surface area contributed by atoms with Crippen LogP contribution in [0.1, 0.15) is 25.5 Å². The first-order valence-electron chi connectivity index (χ1n) is 3.24. The largest absolute Gasteiger partial charge is 0.249 e. The maximum atomic E-state index is 5.88. The average molecular weight is 176 g/mol. The molecule has 0 aliphatic rings. The Labute approximate surface area is 70.1 Å². The number of alkyl halides is 1. The molecule has 0 aromatic carbocycles. The summed E-state index contributed by atoms with van der Waals surface area (Å²) in [5, 5.41) is 2.21. The molecule has 1 aromatic heterocycles. The zero-order valence-corrected chi connectivity index (χ0v) is 7.62. The Morgan fingerprint density at radius 1 is 1.60 bits per heavy atom. The van der Waals surface area contributed by atoms with Crippen LogP contribution < -0.4 is 0 Å². The number of rotatable bonds is 2. The highest BCUT2D eigenvalue weighted by Crippen LogP contribution is 2.21. The van der Waals surface area contributed by atoms with E-state index in [9.17, 15) is 0 Å². The number of thiazole rings is 1. The summed E-state index contributed by atoms with van der Waals surface area (Å²) in [6.45, 7) is 4.08. The fraction of sp³-hybridized carbons (Fsp3) is 0.571. The first-order valence-corrected chi connectivity index (χ1v) is 4.62. The van der Waals surface area contributed by atoms with E-state index in [-0.39, 0.29) is 5.38 Å². The van der Waals surface area contributed by atoms with E-state index < -0.39 is 0 Å². The minimum atomic E-state index is 0.169. The van der Waals surface area contributed by atoms with Gasteiger partial charge >= 0.3 is 0 Å². The van der Waals surface area contributed by atoms with Crippen LogP contribution in [0.15, 0.2) is 10.9 Å². The summed E-state index contributed by atoms with van der Waals surface area (Å²) in [5.74, 6) is 0.368. The molecule has 2 unspecified atom stereocenters. The quantitative estimate of drug-likeness (QED) is 0.630. The number of nitrogens with zero attached hydrogens (tertiary/aromatic N) is 1. The highest BCUT2D eigenvalue weighted by molar-refractivity contribution is 7.07. The van der Waals surface area contributed by atoms with Gasteiger partial charge in [0.15, 0.2) is 0 Å². The molecule has 0 aliphatic carbocycles. The predicted octanol–water partition coefficient (Wildman–Crippen LogP) is 2.87. The lowest BCUT2D eigenvalue weighted by molar-refractivity contribution is 0.722. The molecule has 0 saturated heterocycles. The van der Waals surface area contributed by atoms with Crippen LogP contribution >= 0.6 is 22.9 Å². The summed E-state index contributed by atoms with van der Waals surface area (Å²) >= 11 is 7.50. The van der Waals surface area contributed by atoms with Crippen LogP contribution in [0.3, 0.4) is 0 Å². The van der Waals surface area contributed by atoms with Gasteiger partial charge in [-0.25, -0.2) is 4.98 Å². The molecule has 2 atom stereocenters. The molecule has 0 radical (unpaired) electrons. The summed E-state index contributed by atoms with van der Waals surface area (Å²) in [5.41, 5.74) is 2.94. The Balaban J connectivity index is 2.68. The van der Waals surface area contributed by atoms with Crippen molar-refractivity contribution in [3.63, 3.8) is 0 Å². The van der Waals surface area contributed by atoms with Crippen molar-refractivity contribution in [1.82, 2.24) is 4.98 Å². The number of aromatic nitrogens is 1. The van der Waals surface area contributed by atoms with Crippen molar-refractivity contribution < 1.29 is 0 Å². The molecule has 1 nitrogen and oxygen atoms in total. The zero-order chi connectivity index (χ0) is 7.56. The molecule has 0 saturated carbocycles. The van der Waals surface area contributed by atoms with Gasteiger partial charge in [-0.15, -0.1) is 22.9 Å². The van der Waals surface area contributed by atoms with Gasteiger partial charge < -0.3 is 0 Å². The lowest BCUT2D eigenvalue weighted by Gasteiger charge is -2.09. The van der Waals surface area contributed by atoms with Gasteiger partial charge in [0.25, 0.3) is 0 Å². The molecule has 0 N–H and O–H groups in total. The molecule has 0 spiro atoms. The third-order valence-electron chi connectivity index (χ3n) is 1.61. The number of hydrogen-bond acceptors (Lipinski definition) is 2. The van der Waals surface area contributed by atoms with Crippen LogP contribution in [-0.2, 0) is 0 Å². The van der Waals surface area contributed by atoms with Gasteiger partial charge in [-0.2, -0.15) is 0 Å². The van der Waals surface area contributed by atoms with E-state index in [0.717, 1.165) is 5.69 Å².